The molecule has 0 fully saturated rings. The highest BCUT2D eigenvalue weighted by Gasteiger charge is 2.30. The van der Waals surface area contributed by atoms with E-state index in [9.17, 15) is 14.9 Å². The normalized spacial score (nSPS) is 12.5. The molecule has 146 valence electrons. The number of nitrogens with one attached hydrogen (secondary N) is 1. The van der Waals surface area contributed by atoms with Crippen molar-refractivity contribution in [1.82, 2.24) is 5.32 Å². The summed E-state index contributed by atoms with van der Waals surface area (Å²) in [6.45, 7) is 5.21. The minimum Gasteiger partial charge on any atom is -0.489 e. The molecule has 2 rings (SSSR count). The number of nitriles is 1. The van der Waals surface area contributed by atoms with Crippen molar-refractivity contribution < 1.29 is 19.1 Å². The molecule has 0 spiro atoms. The summed E-state index contributed by atoms with van der Waals surface area (Å²) in [6.07, 6.45) is 0. The molecule has 1 amide bonds. The zero-order valence-corrected chi connectivity index (χ0v) is 16.3. The summed E-state index contributed by atoms with van der Waals surface area (Å²) in [6, 6.07) is 18.3. The van der Waals surface area contributed by atoms with Crippen LogP contribution in [0.1, 0.15) is 36.7 Å². The van der Waals surface area contributed by atoms with E-state index in [0.29, 0.717) is 12.4 Å². The summed E-state index contributed by atoms with van der Waals surface area (Å²) in [4.78, 5) is 24.2. The number of carbonyl (C=O) groups is 2. The third-order valence-corrected chi connectivity index (χ3v) is 4.44. The van der Waals surface area contributed by atoms with E-state index in [0.717, 1.165) is 5.56 Å². The number of hydrogen-bond acceptors (Lipinski definition) is 5. The van der Waals surface area contributed by atoms with Gasteiger partial charge < -0.3 is 14.8 Å². The third-order valence-electron chi connectivity index (χ3n) is 4.44. The van der Waals surface area contributed by atoms with Crippen LogP contribution in [0.3, 0.4) is 0 Å². The molecule has 1 atom stereocenters. The number of benzene rings is 2. The largest absolute Gasteiger partial charge is 0.489 e. The SMILES string of the molecule is CC(C)C(C)(C#N)NC(=O)COC(=O)c1cccc(OCc2ccccc2)c1. The Morgan fingerprint density at radius 2 is 1.86 bits per heavy atom. The minimum atomic E-state index is -1.02. The molecule has 6 heteroatoms. The van der Waals surface area contributed by atoms with Crippen molar-refractivity contribution in [3.63, 3.8) is 0 Å². The summed E-state index contributed by atoms with van der Waals surface area (Å²) < 4.78 is 10.8. The van der Waals surface area contributed by atoms with Crippen LogP contribution in [-0.2, 0) is 16.1 Å². The van der Waals surface area contributed by atoms with Crippen molar-refractivity contribution in [1.29, 1.82) is 5.26 Å². The van der Waals surface area contributed by atoms with Gasteiger partial charge in [-0.1, -0.05) is 50.2 Å². The molecular weight excluding hydrogens is 356 g/mol. The molecule has 1 N–H and O–H groups in total. The molecule has 1 unspecified atom stereocenters. The lowest BCUT2D eigenvalue weighted by molar-refractivity contribution is -0.125. The molecule has 0 aliphatic heterocycles. The van der Waals surface area contributed by atoms with E-state index < -0.39 is 24.0 Å². The van der Waals surface area contributed by atoms with Gasteiger partial charge in [0.25, 0.3) is 5.91 Å². The van der Waals surface area contributed by atoms with Gasteiger partial charge in [0.1, 0.15) is 17.9 Å². The first-order valence-corrected chi connectivity index (χ1v) is 9.00. The molecule has 2 aromatic carbocycles. The number of nitrogens with zero attached hydrogens (tertiary/aromatic N) is 1. The first kappa shape index (κ1) is 21.0. The summed E-state index contributed by atoms with van der Waals surface area (Å²) in [5.74, 6) is -0.721. The molecule has 2 aromatic rings. The third kappa shape index (κ3) is 5.85. The fourth-order valence-corrected chi connectivity index (χ4v) is 2.30. The number of carbonyl (C=O) groups excluding carboxylic acids is 2. The van der Waals surface area contributed by atoms with Crippen LogP contribution in [0.4, 0.5) is 0 Å². The maximum atomic E-state index is 12.2. The van der Waals surface area contributed by atoms with Gasteiger partial charge in [0, 0.05) is 0 Å². The predicted octanol–water partition coefficient (Wildman–Crippen LogP) is 3.48. The van der Waals surface area contributed by atoms with Crippen LogP contribution in [-0.4, -0.2) is 24.0 Å². The Morgan fingerprint density at radius 3 is 2.50 bits per heavy atom. The van der Waals surface area contributed by atoms with Gasteiger partial charge in [-0.2, -0.15) is 5.26 Å². The van der Waals surface area contributed by atoms with Gasteiger partial charge in [0.15, 0.2) is 6.61 Å². The first-order valence-electron chi connectivity index (χ1n) is 9.00. The maximum absolute atomic E-state index is 12.2. The maximum Gasteiger partial charge on any atom is 0.338 e. The molecule has 0 heterocycles. The molecule has 6 nitrogen and oxygen atoms in total. The first-order chi connectivity index (χ1) is 13.3. The topological polar surface area (TPSA) is 88.4 Å². The van der Waals surface area contributed by atoms with Crippen molar-refractivity contribution in [3.8, 4) is 11.8 Å². The van der Waals surface area contributed by atoms with E-state index >= 15 is 0 Å². The summed E-state index contributed by atoms with van der Waals surface area (Å²) >= 11 is 0. The Balaban J connectivity index is 1.90. The van der Waals surface area contributed by atoms with Gasteiger partial charge in [0.05, 0.1) is 11.6 Å². The average molecular weight is 380 g/mol. The standard InChI is InChI=1S/C22H24N2O4/c1-16(2)22(3,15-23)24-20(25)14-28-21(26)18-10-7-11-19(12-18)27-13-17-8-5-4-6-9-17/h4-12,16H,13-14H2,1-3H3,(H,24,25). The number of rotatable bonds is 8. The highest BCUT2D eigenvalue weighted by Crippen LogP contribution is 2.17. The number of ether oxygens (including phenoxy) is 2. The van der Waals surface area contributed by atoms with Gasteiger partial charge in [-0.3, -0.25) is 4.79 Å². The van der Waals surface area contributed by atoms with Crippen LogP contribution in [0.25, 0.3) is 0 Å². The van der Waals surface area contributed by atoms with E-state index in [4.69, 9.17) is 9.47 Å². The Labute approximate surface area is 165 Å². The Hall–Kier alpha value is -3.33. The fraction of sp³-hybridized carbons (Fsp3) is 0.318. The van der Waals surface area contributed by atoms with Crippen molar-refractivity contribution in [3.05, 3.63) is 65.7 Å². The lowest BCUT2D eigenvalue weighted by Gasteiger charge is -2.27. The molecule has 0 bridgehead atoms. The number of hydrogen-bond donors (Lipinski definition) is 1. The monoisotopic (exact) mass is 380 g/mol. The number of esters is 1. The zero-order valence-electron chi connectivity index (χ0n) is 16.3. The van der Waals surface area contributed by atoms with E-state index in [-0.39, 0.29) is 11.5 Å². The summed E-state index contributed by atoms with van der Waals surface area (Å²) in [7, 11) is 0. The summed E-state index contributed by atoms with van der Waals surface area (Å²) in [5.41, 5.74) is 0.275. The summed E-state index contributed by atoms with van der Waals surface area (Å²) in [5, 5.41) is 11.8. The molecule has 0 aliphatic rings. The molecule has 0 aromatic heterocycles. The van der Waals surface area contributed by atoms with E-state index in [1.807, 2.05) is 44.2 Å². The lowest BCUT2D eigenvalue weighted by Crippen LogP contribution is -2.50. The molecular formula is C22H24N2O4. The smallest absolute Gasteiger partial charge is 0.338 e. The van der Waals surface area contributed by atoms with Crippen molar-refractivity contribution in [2.24, 2.45) is 5.92 Å². The Morgan fingerprint density at radius 1 is 1.14 bits per heavy atom. The van der Waals surface area contributed by atoms with Crippen LogP contribution < -0.4 is 10.1 Å². The van der Waals surface area contributed by atoms with Gasteiger partial charge in [-0.05, 0) is 36.6 Å². The van der Waals surface area contributed by atoms with Crippen molar-refractivity contribution >= 4 is 11.9 Å². The predicted molar refractivity (Wildman–Crippen MR) is 104 cm³/mol. The van der Waals surface area contributed by atoms with Crippen LogP contribution in [0.15, 0.2) is 54.6 Å². The van der Waals surface area contributed by atoms with Crippen LogP contribution in [0.2, 0.25) is 0 Å². The van der Waals surface area contributed by atoms with Gasteiger partial charge in [-0.15, -0.1) is 0 Å². The quantitative estimate of drug-likeness (QED) is 0.709. The van der Waals surface area contributed by atoms with Crippen molar-refractivity contribution in [2.75, 3.05) is 6.61 Å². The fourth-order valence-electron chi connectivity index (χ4n) is 2.30. The van der Waals surface area contributed by atoms with Crippen molar-refractivity contribution in [2.45, 2.75) is 32.9 Å². The molecule has 28 heavy (non-hydrogen) atoms. The van der Waals surface area contributed by atoms with Crippen LogP contribution >= 0.6 is 0 Å². The second-order valence-corrected chi connectivity index (χ2v) is 6.90. The second-order valence-electron chi connectivity index (χ2n) is 6.90. The van der Waals surface area contributed by atoms with Gasteiger partial charge in [-0.25, -0.2) is 4.79 Å². The second kappa shape index (κ2) is 9.56. The lowest BCUT2D eigenvalue weighted by atomic mass is 9.90. The molecule has 0 saturated heterocycles. The highest BCUT2D eigenvalue weighted by molar-refractivity contribution is 5.91. The zero-order chi connectivity index (χ0) is 20.6. The Bertz CT molecular complexity index is 858. The van der Waals surface area contributed by atoms with E-state index in [2.05, 4.69) is 11.4 Å². The minimum absolute atomic E-state index is 0.0874. The molecule has 0 saturated carbocycles. The van der Waals surface area contributed by atoms with E-state index in [1.54, 1.807) is 31.2 Å². The Kier molecular flexibility index (Phi) is 7.16. The van der Waals surface area contributed by atoms with Crippen LogP contribution in [0.5, 0.6) is 5.75 Å². The number of amides is 1. The van der Waals surface area contributed by atoms with Crippen LogP contribution in [0, 0.1) is 17.2 Å². The highest BCUT2D eigenvalue weighted by atomic mass is 16.5. The van der Waals surface area contributed by atoms with Gasteiger partial charge >= 0.3 is 5.97 Å². The van der Waals surface area contributed by atoms with Gasteiger partial charge in [0.2, 0.25) is 0 Å². The molecule has 0 radical (unpaired) electrons. The molecule has 0 aliphatic carbocycles. The average Bonchev–Trinajstić information content (AvgIpc) is 2.71. The van der Waals surface area contributed by atoms with E-state index in [1.165, 1.54) is 0 Å².